The summed E-state index contributed by atoms with van der Waals surface area (Å²) in [6, 6.07) is 0. The number of aliphatic carboxylic acids is 1. The smallest absolute Gasteiger partial charge is 0.550 e. The maximum Gasteiger partial charge on any atom is 1.00 e. The number of carbonyl (C=O) groups excluding carboxylic acids is 3. The van der Waals surface area contributed by atoms with Gasteiger partial charge in [-0.3, -0.25) is 4.79 Å². The summed E-state index contributed by atoms with van der Waals surface area (Å²) in [7, 11) is 0. The number of hydrogen-bond acceptors (Lipinski definition) is 6. The van der Waals surface area contributed by atoms with Crippen molar-refractivity contribution >= 4 is 17.9 Å². The molecule has 0 aliphatic heterocycles. The number of hydrogen-bond donors (Lipinski definition) is 0. The Kier molecular flexibility index (Phi) is 11.7. The molecule has 0 saturated heterocycles. The van der Waals surface area contributed by atoms with E-state index in [4.69, 9.17) is 0 Å². The van der Waals surface area contributed by atoms with E-state index >= 15 is 0 Å². The van der Waals surface area contributed by atoms with Crippen LogP contribution in [0, 0.1) is 0 Å². The van der Waals surface area contributed by atoms with Crippen molar-refractivity contribution < 1.29 is 58.5 Å². The van der Waals surface area contributed by atoms with E-state index in [2.05, 4.69) is 16.1 Å². The first-order chi connectivity index (χ1) is 7.06. The molecular formula is C9H11NaO6. The number of esters is 2. The van der Waals surface area contributed by atoms with E-state index < -0.39 is 17.9 Å². The van der Waals surface area contributed by atoms with Crippen LogP contribution in [0.3, 0.4) is 0 Å². The summed E-state index contributed by atoms with van der Waals surface area (Å²) in [5.41, 5.74) is 0. The number of carboxylic acid groups (broad SMARTS) is 1. The van der Waals surface area contributed by atoms with Gasteiger partial charge in [-0.05, 0) is 6.42 Å². The van der Waals surface area contributed by atoms with Crippen LogP contribution in [-0.4, -0.2) is 31.1 Å². The van der Waals surface area contributed by atoms with Gasteiger partial charge in [-0.25, -0.2) is 4.79 Å². The third-order valence-electron chi connectivity index (χ3n) is 1.29. The molecule has 0 saturated carbocycles. The van der Waals surface area contributed by atoms with Crippen LogP contribution in [0.4, 0.5) is 0 Å². The quantitative estimate of drug-likeness (QED) is 0.193. The molecule has 0 aromatic carbocycles. The number of carbonyl (C=O) groups is 3. The molecule has 7 heteroatoms. The summed E-state index contributed by atoms with van der Waals surface area (Å²) in [6.45, 7) is 2.98. The minimum absolute atomic E-state index is 0. The van der Waals surface area contributed by atoms with Crippen molar-refractivity contribution in [1.82, 2.24) is 0 Å². The fourth-order valence-corrected chi connectivity index (χ4v) is 0.633. The molecule has 0 unspecified atom stereocenters. The average Bonchev–Trinajstić information content (AvgIpc) is 2.21. The molecule has 0 bridgehead atoms. The fourth-order valence-electron chi connectivity index (χ4n) is 0.633. The van der Waals surface area contributed by atoms with Crippen LogP contribution in [0.15, 0.2) is 12.7 Å². The van der Waals surface area contributed by atoms with Crippen molar-refractivity contribution in [2.24, 2.45) is 0 Å². The summed E-state index contributed by atoms with van der Waals surface area (Å²) in [5.74, 6) is -2.60. The Bertz CT molecular complexity index is 263. The van der Waals surface area contributed by atoms with E-state index in [1.807, 2.05) is 0 Å². The van der Waals surface area contributed by atoms with Crippen molar-refractivity contribution in [2.45, 2.75) is 12.8 Å². The van der Waals surface area contributed by atoms with Crippen LogP contribution in [-0.2, 0) is 23.9 Å². The molecule has 0 radical (unpaired) electrons. The molecule has 0 aromatic heterocycles. The second-order valence-electron chi connectivity index (χ2n) is 2.46. The molecule has 16 heavy (non-hydrogen) atoms. The first kappa shape index (κ1) is 17.5. The maximum atomic E-state index is 10.8. The van der Waals surface area contributed by atoms with Crippen LogP contribution in [0.1, 0.15) is 12.8 Å². The normalized spacial score (nSPS) is 8.50. The Morgan fingerprint density at radius 3 is 2.19 bits per heavy atom. The third kappa shape index (κ3) is 11.2. The minimum Gasteiger partial charge on any atom is -0.550 e. The van der Waals surface area contributed by atoms with Gasteiger partial charge in [-0.1, -0.05) is 6.58 Å². The Morgan fingerprint density at radius 2 is 1.69 bits per heavy atom. The van der Waals surface area contributed by atoms with Crippen molar-refractivity contribution in [3.63, 3.8) is 0 Å². The van der Waals surface area contributed by atoms with Crippen molar-refractivity contribution in [3.05, 3.63) is 12.7 Å². The topological polar surface area (TPSA) is 92.7 Å². The molecule has 84 valence electrons. The molecule has 6 nitrogen and oxygen atoms in total. The first-order valence-corrected chi connectivity index (χ1v) is 4.21. The van der Waals surface area contributed by atoms with Gasteiger partial charge in [0.15, 0.2) is 0 Å². The second kappa shape index (κ2) is 10.7. The molecule has 0 spiro atoms. The van der Waals surface area contributed by atoms with E-state index in [-0.39, 0.29) is 55.6 Å². The molecular weight excluding hydrogens is 227 g/mol. The largest absolute Gasteiger partial charge is 1.00 e. The molecule has 0 atom stereocenters. The van der Waals surface area contributed by atoms with E-state index in [1.165, 1.54) is 0 Å². The molecule has 0 fully saturated rings. The maximum absolute atomic E-state index is 10.8. The summed E-state index contributed by atoms with van der Waals surface area (Å²) in [5, 5.41) is 9.96. The van der Waals surface area contributed by atoms with Gasteiger partial charge in [0.05, 0.1) is 6.42 Å². The van der Waals surface area contributed by atoms with Crippen LogP contribution in [0.2, 0.25) is 0 Å². The Hall–Kier alpha value is -0.850. The predicted octanol–water partition coefficient (Wildman–Crippen LogP) is -4.21. The zero-order valence-electron chi connectivity index (χ0n) is 9.06. The van der Waals surface area contributed by atoms with Gasteiger partial charge in [0, 0.05) is 12.0 Å². The number of ether oxygens (including phenoxy) is 2. The van der Waals surface area contributed by atoms with Gasteiger partial charge in [-0.15, -0.1) is 0 Å². The van der Waals surface area contributed by atoms with Gasteiger partial charge >= 0.3 is 41.5 Å². The van der Waals surface area contributed by atoms with Crippen LogP contribution < -0.4 is 34.7 Å². The Balaban J connectivity index is 0. The molecule has 0 N–H and O–H groups in total. The zero-order valence-corrected chi connectivity index (χ0v) is 11.1. The minimum atomic E-state index is -1.31. The predicted molar refractivity (Wildman–Crippen MR) is 46.4 cm³/mol. The molecule has 0 aromatic rings. The average molecular weight is 238 g/mol. The summed E-state index contributed by atoms with van der Waals surface area (Å²) in [6.07, 6.45) is 0.348. The summed E-state index contributed by atoms with van der Waals surface area (Å²) >= 11 is 0. The summed E-state index contributed by atoms with van der Waals surface area (Å²) in [4.78, 5) is 31.3. The Morgan fingerprint density at radius 1 is 1.12 bits per heavy atom. The summed E-state index contributed by atoms with van der Waals surface area (Å²) < 4.78 is 9.05. The van der Waals surface area contributed by atoms with Gasteiger partial charge < -0.3 is 19.4 Å². The van der Waals surface area contributed by atoms with Crippen molar-refractivity contribution in [2.75, 3.05) is 13.2 Å². The zero-order chi connectivity index (χ0) is 11.7. The monoisotopic (exact) mass is 238 g/mol. The number of rotatable bonds is 7. The van der Waals surface area contributed by atoms with Crippen LogP contribution >= 0.6 is 0 Å². The molecule has 0 heterocycles. The molecule has 0 aliphatic rings. The SMILES string of the molecule is C=CC(=O)OCCOC(=O)CCC(=O)[O-].[Na+]. The van der Waals surface area contributed by atoms with Gasteiger partial charge in [0.1, 0.15) is 13.2 Å². The van der Waals surface area contributed by atoms with Gasteiger partial charge in [-0.2, -0.15) is 0 Å². The van der Waals surface area contributed by atoms with E-state index in [1.54, 1.807) is 0 Å². The van der Waals surface area contributed by atoms with E-state index in [9.17, 15) is 19.5 Å². The van der Waals surface area contributed by atoms with Crippen molar-refractivity contribution in [1.29, 1.82) is 0 Å². The number of carboxylic acids is 1. The second-order valence-corrected chi connectivity index (χ2v) is 2.46. The van der Waals surface area contributed by atoms with Crippen molar-refractivity contribution in [3.8, 4) is 0 Å². The third-order valence-corrected chi connectivity index (χ3v) is 1.29. The van der Waals surface area contributed by atoms with Crippen LogP contribution in [0.5, 0.6) is 0 Å². The molecule has 0 amide bonds. The van der Waals surface area contributed by atoms with Gasteiger partial charge in [0.25, 0.3) is 0 Å². The Labute approximate surface area is 115 Å². The van der Waals surface area contributed by atoms with Crippen LogP contribution in [0.25, 0.3) is 0 Å². The fraction of sp³-hybridized carbons (Fsp3) is 0.444. The van der Waals surface area contributed by atoms with E-state index in [0.29, 0.717) is 0 Å². The van der Waals surface area contributed by atoms with E-state index in [0.717, 1.165) is 6.08 Å². The standard InChI is InChI=1S/C9H12O6.Na/c1-2-8(12)14-5-6-15-9(13)4-3-7(10)11;/h2H,1,3-6H2,(H,10,11);/q;+1/p-1. The molecule has 0 aliphatic carbocycles. The first-order valence-electron chi connectivity index (χ1n) is 4.21. The molecule has 0 rings (SSSR count). The van der Waals surface area contributed by atoms with Gasteiger partial charge in [0.2, 0.25) is 0 Å².